The van der Waals surface area contributed by atoms with Crippen LogP contribution >= 0.6 is 0 Å². The number of hydrogen-bond donors (Lipinski definition) is 1. The van der Waals surface area contributed by atoms with Crippen molar-refractivity contribution < 1.29 is 13.2 Å². The van der Waals surface area contributed by atoms with Gasteiger partial charge >= 0.3 is 0 Å². The van der Waals surface area contributed by atoms with Crippen LogP contribution in [0.4, 0.5) is 5.69 Å². The first kappa shape index (κ1) is 22.3. The van der Waals surface area contributed by atoms with Gasteiger partial charge in [-0.05, 0) is 69.0 Å². The van der Waals surface area contributed by atoms with E-state index in [1.165, 1.54) is 0 Å². The summed E-state index contributed by atoms with van der Waals surface area (Å²) in [7, 11) is -1.52. The zero-order valence-corrected chi connectivity index (χ0v) is 18.8. The van der Waals surface area contributed by atoms with Gasteiger partial charge in [-0.1, -0.05) is 17.7 Å². The fourth-order valence-electron chi connectivity index (χ4n) is 3.67. The smallest absolute Gasteiger partial charge is 0.253 e. The Morgan fingerprint density at radius 3 is 2.43 bits per heavy atom. The minimum Gasteiger partial charge on any atom is -0.375 e. The molecule has 0 bridgehead atoms. The van der Waals surface area contributed by atoms with Crippen LogP contribution in [0, 0.1) is 12.8 Å². The van der Waals surface area contributed by atoms with Crippen molar-refractivity contribution in [2.45, 2.75) is 31.6 Å². The van der Waals surface area contributed by atoms with E-state index >= 15 is 0 Å². The van der Waals surface area contributed by atoms with Crippen LogP contribution < -0.4 is 9.62 Å². The summed E-state index contributed by atoms with van der Waals surface area (Å²) >= 11 is 0. The number of benzene rings is 2. The van der Waals surface area contributed by atoms with Gasteiger partial charge in [0.1, 0.15) is 0 Å². The molecule has 1 unspecified atom stereocenters. The van der Waals surface area contributed by atoms with Crippen LogP contribution in [0.5, 0.6) is 0 Å². The number of rotatable bonds is 7. The van der Waals surface area contributed by atoms with Crippen LogP contribution in [-0.4, -0.2) is 52.5 Å². The number of carbonyl (C=O) groups excluding carboxylic acids is 1. The lowest BCUT2D eigenvalue weighted by Crippen LogP contribution is -2.43. The van der Waals surface area contributed by atoms with Gasteiger partial charge in [0.05, 0.1) is 4.90 Å². The highest BCUT2D eigenvalue weighted by atomic mass is 32.2. The topological polar surface area (TPSA) is 69.7 Å². The van der Waals surface area contributed by atoms with E-state index in [4.69, 9.17) is 0 Å². The molecule has 1 heterocycles. The minimum absolute atomic E-state index is 0.00629. The third-order valence-electron chi connectivity index (χ3n) is 5.73. The number of likely N-dealkylation sites (tertiary alicyclic amines) is 1. The molecule has 0 spiro atoms. The lowest BCUT2D eigenvalue weighted by molar-refractivity contribution is 0.0676. The molecule has 0 aromatic heterocycles. The molecule has 1 saturated heterocycles. The highest BCUT2D eigenvalue weighted by Crippen LogP contribution is 2.21. The summed E-state index contributed by atoms with van der Waals surface area (Å²) in [5, 5.41) is 0. The predicted molar refractivity (Wildman–Crippen MR) is 120 cm³/mol. The zero-order valence-electron chi connectivity index (χ0n) is 18.0. The van der Waals surface area contributed by atoms with Gasteiger partial charge in [0.2, 0.25) is 10.0 Å². The second kappa shape index (κ2) is 9.62. The van der Waals surface area contributed by atoms with Gasteiger partial charge in [-0.15, -0.1) is 0 Å². The van der Waals surface area contributed by atoms with E-state index in [0.29, 0.717) is 25.2 Å². The van der Waals surface area contributed by atoms with Gasteiger partial charge in [-0.2, -0.15) is 0 Å². The van der Waals surface area contributed by atoms with Crippen molar-refractivity contribution in [2.75, 3.05) is 38.1 Å². The highest BCUT2D eigenvalue weighted by molar-refractivity contribution is 7.89. The second-order valence-electron chi connectivity index (χ2n) is 7.99. The number of carbonyl (C=O) groups is 1. The number of sulfonamides is 1. The van der Waals surface area contributed by atoms with Crippen molar-refractivity contribution in [1.82, 2.24) is 9.62 Å². The standard InChI is InChI=1S/C23H31N3O3S/c1-4-25(3)21-11-9-20(10-12-21)23(27)26-15-5-6-19(17-26)16-24-30(28,29)22-13-7-18(2)8-14-22/h7-14,19,24H,4-6,15-17H2,1-3H3. The van der Waals surface area contributed by atoms with Crippen LogP contribution in [0.15, 0.2) is 53.4 Å². The van der Waals surface area contributed by atoms with Crippen LogP contribution in [0.2, 0.25) is 0 Å². The summed E-state index contributed by atoms with van der Waals surface area (Å²) in [6.07, 6.45) is 1.78. The molecule has 1 aliphatic heterocycles. The maximum absolute atomic E-state index is 12.9. The van der Waals surface area contributed by atoms with Gasteiger partial charge in [0, 0.05) is 44.5 Å². The second-order valence-corrected chi connectivity index (χ2v) is 9.75. The van der Waals surface area contributed by atoms with E-state index in [9.17, 15) is 13.2 Å². The normalized spacial score (nSPS) is 17.0. The number of nitrogens with one attached hydrogen (secondary N) is 1. The highest BCUT2D eigenvalue weighted by Gasteiger charge is 2.26. The Labute approximate surface area is 179 Å². The molecule has 1 N–H and O–H groups in total. The molecule has 162 valence electrons. The summed E-state index contributed by atoms with van der Waals surface area (Å²) in [6, 6.07) is 14.5. The molecule has 7 heteroatoms. The van der Waals surface area contributed by atoms with Crippen molar-refractivity contribution in [2.24, 2.45) is 5.92 Å². The number of anilines is 1. The first-order valence-electron chi connectivity index (χ1n) is 10.5. The molecule has 6 nitrogen and oxygen atoms in total. The Morgan fingerprint density at radius 1 is 1.13 bits per heavy atom. The maximum atomic E-state index is 12.9. The molecule has 1 fully saturated rings. The van der Waals surface area contributed by atoms with Crippen LogP contribution in [0.3, 0.4) is 0 Å². The van der Waals surface area contributed by atoms with Crippen LogP contribution in [0.1, 0.15) is 35.7 Å². The molecule has 0 saturated carbocycles. The quantitative estimate of drug-likeness (QED) is 0.733. The monoisotopic (exact) mass is 429 g/mol. The molecular formula is C23H31N3O3S. The summed E-state index contributed by atoms with van der Waals surface area (Å²) in [5.74, 6) is 0.111. The van der Waals surface area contributed by atoms with Gasteiger partial charge in [-0.25, -0.2) is 13.1 Å². The number of hydrogen-bond acceptors (Lipinski definition) is 4. The molecule has 3 rings (SSSR count). The van der Waals surface area contributed by atoms with Crippen molar-refractivity contribution >= 4 is 21.6 Å². The maximum Gasteiger partial charge on any atom is 0.253 e. The van der Waals surface area contributed by atoms with Gasteiger partial charge in [0.15, 0.2) is 0 Å². The van der Waals surface area contributed by atoms with E-state index in [0.717, 1.165) is 30.6 Å². The SMILES string of the molecule is CCN(C)c1ccc(C(=O)N2CCCC(CNS(=O)(=O)c3ccc(C)cc3)C2)cc1. The zero-order chi connectivity index (χ0) is 21.7. The molecule has 2 aromatic carbocycles. The molecule has 1 aliphatic rings. The molecule has 2 aromatic rings. The third kappa shape index (κ3) is 5.40. The van der Waals surface area contributed by atoms with Crippen LogP contribution in [0.25, 0.3) is 0 Å². The van der Waals surface area contributed by atoms with Gasteiger partial charge in [-0.3, -0.25) is 4.79 Å². The number of aryl methyl sites for hydroxylation is 1. The summed E-state index contributed by atoms with van der Waals surface area (Å²) in [6.45, 7) is 6.51. The van der Waals surface area contributed by atoms with E-state index in [-0.39, 0.29) is 16.7 Å². The van der Waals surface area contributed by atoms with Crippen molar-refractivity contribution in [1.29, 1.82) is 0 Å². The van der Waals surface area contributed by atoms with E-state index in [1.807, 2.05) is 43.1 Å². The van der Waals surface area contributed by atoms with E-state index in [2.05, 4.69) is 16.5 Å². The Balaban J connectivity index is 1.59. The first-order chi connectivity index (χ1) is 14.3. The minimum atomic E-state index is -3.54. The van der Waals surface area contributed by atoms with Crippen molar-refractivity contribution in [3.05, 3.63) is 59.7 Å². The summed E-state index contributed by atoms with van der Waals surface area (Å²) in [5.41, 5.74) is 2.77. The molecule has 0 radical (unpaired) electrons. The molecule has 30 heavy (non-hydrogen) atoms. The van der Waals surface area contributed by atoms with Crippen molar-refractivity contribution in [3.63, 3.8) is 0 Å². The fourth-order valence-corrected chi connectivity index (χ4v) is 4.78. The lowest BCUT2D eigenvalue weighted by atomic mass is 9.97. The summed E-state index contributed by atoms with van der Waals surface area (Å²) in [4.78, 5) is 17.2. The Morgan fingerprint density at radius 2 is 1.80 bits per heavy atom. The van der Waals surface area contributed by atoms with Gasteiger partial charge in [0.25, 0.3) is 5.91 Å². The number of nitrogens with zero attached hydrogens (tertiary/aromatic N) is 2. The predicted octanol–water partition coefficient (Wildman–Crippen LogP) is 3.28. The number of amides is 1. The molecule has 1 amide bonds. The van der Waals surface area contributed by atoms with E-state index < -0.39 is 10.0 Å². The average Bonchev–Trinajstić information content (AvgIpc) is 2.77. The first-order valence-corrected chi connectivity index (χ1v) is 12.0. The van der Waals surface area contributed by atoms with Crippen LogP contribution in [-0.2, 0) is 10.0 Å². The molecule has 0 aliphatic carbocycles. The van der Waals surface area contributed by atoms with Crippen molar-refractivity contribution in [3.8, 4) is 0 Å². The Hall–Kier alpha value is -2.38. The van der Waals surface area contributed by atoms with E-state index in [1.54, 1.807) is 24.3 Å². The largest absolute Gasteiger partial charge is 0.375 e. The molecule has 1 atom stereocenters. The van der Waals surface area contributed by atoms with Gasteiger partial charge < -0.3 is 9.80 Å². The number of piperidine rings is 1. The average molecular weight is 430 g/mol. The fraction of sp³-hybridized carbons (Fsp3) is 0.435. The summed E-state index contributed by atoms with van der Waals surface area (Å²) < 4.78 is 27.8. The Bertz CT molecular complexity index is 956. The lowest BCUT2D eigenvalue weighted by Gasteiger charge is -2.33. The Kier molecular flexibility index (Phi) is 7.15. The third-order valence-corrected chi connectivity index (χ3v) is 7.17. The molecular weight excluding hydrogens is 398 g/mol.